The van der Waals surface area contributed by atoms with Gasteiger partial charge in [0.1, 0.15) is 16.5 Å². The van der Waals surface area contributed by atoms with E-state index in [1.165, 1.54) is 48.1 Å². The Morgan fingerprint density at radius 2 is 1.89 bits per heavy atom. The lowest BCUT2D eigenvalue weighted by Gasteiger charge is -2.48. The Balaban J connectivity index is 1.53. The summed E-state index contributed by atoms with van der Waals surface area (Å²) in [6.45, 7) is 11.4. The highest BCUT2D eigenvalue weighted by Crippen LogP contribution is 2.44. The van der Waals surface area contributed by atoms with E-state index in [1.807, 2.05) is 11.3 Å². The number of hydrogen-bond donors (Lipinski definition) is 0. The highest BCUT2D eigenvalue weighted by Gasteiger charge is 2.39. The summed E-state index contributed by atoms with van der Waals surface area (Å²) in [6, 6.07) is 0. The number of morpholine rings is 1. The zero-order chi connectivity index (χ0) is 18.4. The van der Waals surface area contributed by atoms with E-state index >= 15 is 0 Å². The van der Waals surface area contributed by atoms with Crippen molar-refractivity contribution in [3.63, 3.8) is 0 Å². The zero-order valence-electron chi connectivity index (χ0n) is 16.6. The second-order valence-electron chi connectivity index (χ2n) is 8.76. The third-order valence-corrected chi connectivity index (χ3v) is 7.79. The second kappa shape index (κ2) is 6.98. The minimum atomic E-state index is 0.442. The van der Waals surface area contributed by atoms with Crippen LogP contribution in [0.2, 0.25) is 0 Å². The van der Waals surface area contributed by atoms with Gasteiger partial charge >= 0.3 is 0 Å². The molecule has 27 heavy (non-hydrogen) atoms. The van der Waals surface area contributed by atoms with Crippen LogP contribution < -0.4 is 4.90 Å². The van der Waals surface area contributed by atoms with Crippen LogP contribution in [0, 0.1) is 5.41 Å². The zero-order valence-corrected chi connectivity index (χ0v) is 17.4. The van der Waals surface area contributed by atoms with Crippen LogP contribution in [0.1, 0.15) is 49.4 Å². The van der Waals surface area contributed by atoms with Gasteiger partial charge in [0.2, 0.25) is 0 Å². The molecule has 6 heteroatoms. The molecular weight excluding hydrogens is 356 g/mol. The summed E-state index contributed by atoms with van der Waals surface area (Å²) in [7, 11) is 0. The third-order valence-electron chi connectivity index (χ3n) is 6.61. The van der Waals surface area contributed by atoms with E-state index in [1.54, 1.807) is 10.4 Å². The van der Waals surface area contributed by atoms with Crippen LogP contribution in [0.3, 0.4) is 0 Å². The van der Waals surface area contributed by atoms with Gasteiger partial charge in [0.05, 0.1) is 25.1 Å². The van der Waals surface area contributed by atoms with Crippen LogP contribution in [0.15, 0.2) is 0 Å². The standard InChI is InChI=1S/C21H30N4OS/c1-3-21(2)13-25(14-21)19-18-15-6-4-5-7-16(15)27-20(18)23-17(22-19)12-24-8-10-26-11-9-24/h3-14H2,1-2H3. The molecule has 2 aliphatic heterocycles. The van der Waals surface area contributed by atoms with Crippen molar-refractivity contribution in [2.45, 2.75) is 52.5 Å². The molecule has 0 radical (unpaired) electrons. The maximum Gasteiger partial charge on any atom is 0.146 e. The molecule has 4 heterocycles. The smallest absolute Gasteiger partial charge is 0.146 e. The number of aryl methyl sites for hydroxylation is 2. The van der Waals surface area contributed by atoms with Crippen LogP contribution >= 0.6 is 11.3 Å². The molecule has 0 aromatic carbocycles. The summed E-state index contributed by atoms with van der Waals surface area (Å²) < 4.78 is 5.50. The Labute approximate surface area is 165 Å². The molecule has 0 saturated carbocycles. The molecule has 0 unspecified atom stereocenters. The normalized spacial score (nSPS) is 22.7. The molecule has 1 aliphatic carbocycles. The minimum absolute atomic E-state index is 0.442. The van der Waals surface area contributed by atoms with Crippen LogP contribution in [-0.2, 0) is 24.1 Å². The molecule has 5 nitrogen and oxygen atoms in total. The number of nitrogens with zero attached hydrogens (tertiary/aromatic N) is 4. The van der Waals surface area contributed by atoms with Crippen molar-refractivity contribution in [2.75, 3.05) is 44.3 Å². The topological polar surface area (TPSA) is 41.5 Å². The Morgan fingerprint density at radius 3 is 2.67 bits per heavy atom. The molecule has 5 rings (SSSR count). The van der Waals surface area contributed by atoms with Crippen molar-refractivity contribution >= 4 is 27.4 Å². The van der Waals surface area contributed by atoms with Gasteiger partial charge in [0.25, 0.3) is 0 Å². The lowest BCUT2D eigenvalue weighted by molar-refractivity contribution is 0.0331. The summed E-state index contributed by atoms with van der Waals surface area (Å²) in [6.07, 6.45) is 6.29. The molecule has 0 bridgehead atoms. The van der Waals surface area contributed by atoms with Crippen molar-refractivity contribution in [1.82, 2.24) is 14.9 Å². The highest BCUT2D eigenvalue weighted by atomic mass is 32.1. The number of hydrogen-bond acceptors (Lipinski definition) is 6. The molecule has 0 atom stereocenters. The van der Waals surface area contributed by atoms with E-state index < -0.39 is 0 Å². The molecule has 146 valence electrons. The first-order valence-corrected chi connectivity index (χ1v) is 11.3. The Kier molecular flexibility index (Phi) is 4.61. The summed E-state index contributed by atoms with van der Waals surface area (Å²) in [5.74, 6) is 2.21. The number of rotatable bonds is 4. The van der Waals surface area contributed by atoms with Crippen molar-refractivity contribution in [1.29, 1.82) is 0 Å². The quantitative estimate of drug-likeness (QED) is 0.802. The molecule has 2 aromatic heterocycles. The van der Waals surface area contributed by atoms with Crippen LogP contribution in [0.5, 0.6) is 0 Å². The predicted octanol–water partition coefficient (Wildman–Crippen LogP) is 3.64. The van der Waals surface area contributed by atoms with Crippen LogP contribution in [0.4, 0.5) is 5.82 Å². The van der Waals surface area contributed by atoms with Crippen LogP contribution in [-0.4, -0.2) is 54.3 Å². The number of thiophene rings is 1. The Bertz CT molecular complexity index is 836. The van der Waals surface area contributed by atoms with E-state index in [0.29, 0.717) is 5.41 Å². The fraction of sp³-hybridized carbons (Fsp3) is 0.714. The number of fused-ring (bicyclic) bond motifs is 3. The fourth-order valence-electron chi connectivity index (χ4n) is 4.69. The van der Waals surface area contributed by atoms with Gasteiger partial charge in [-0.3, -0.25) is 4.90 Å². The van der Waals surface area contributed by atoms with Crippen LogP contribution in [0.25, 0.3) is 10.2 Å². The Morgan fingerprint density at radius 1 is 1.11 bits per heavy atom. The van der Waals surface area contributed by atoms with Gasteiger partial charge in [-0.2, -0.15) is 0 Å². The van der Waals surface area contributed by atoms with Gasteiger partial charge in [-0.15, -0.1) is 11.3 Å². The molecule has 0 spiro atoms. The minimum Gasteiger partial charge on any atom is -0.379 e. The number of aromatic nitrogens is 2. The molecule has 0 N–H and O–H groups in total. The summed E-state index contributed by atoms with van der Waals surface area (Å²) in [5.41, 5.74) is 2.00. The summed E-state index contributed by atoms with van der Waals surface area (Å²) in [5, 5.41) is 1.37. The van der Waals surface area contributed by atoms with Gasteiger partial charge < -0.3 is 9.64 Å². The van der Waals surface area contributed by atoms with E-state index in [-0.39, 0.29) is 0 Å². The maximum absolute atomic E-state index is 5.50. The average Bonchev–Trinajstić information content (AvgIpc) is 3.04. The highest BCUT2D eigenvalue weighted by molar-refractivity contribution is 7.19. The second-order valence-corrected chi connectivity index (χ2v) is 9.85. The largest absolute Gasteiger partial charge is 0.379 e. The maximum atomic E-state index is 5.50. The fourth-order valence-corrected chi connectivity index (χ4v) is 5.96. The molecule has 2 aromatic rings. The first kappa shape index (κ1) is 17.8. The molecule has 0 amide bonds. The summed E-state index contributed by atoms with van der Waals surface area (Å²) in [4.78, 5) is 17.9. The van der Waals surface area contributed by atoms with Crippen molar-refractivity contribution in [3.8, 4) is 0 Å². The first-order valence-electron chi connectivity index (χ1n) is 10.5. The third kappa shape index (κ3) is 3.26. The van der Waals surface area contributed by atoms with Gasteiger partial charge in [0, 0.05) is 36.5 Å². The van der Waals surface area contributed by atoms with Gasteiger partial charge in [0.15, 0.2) is 0 Å². The van der Waals surface area contributed by atoms with Gasteiger partial charge in [-0.05, 0) is 37.7 Å². The van der Waals surface area contributed by atoms with E-state index in [2.05, 4.69) is 23.6 Å². The number of anilines is 1. The van der Waals surface area contributed by atoms with Crippen molar-refractivity contribution < 1.29 is 4.74 Å². The Hall–Kier alpha value is -1.24. The monoisotopic (exact) mass is 386 g/mol. The van der Waals surface area contributed by atoms with E-state index in [0.717, 1.165) is 51.8 Å². The van der Waals surface area contributed by atoms with Crippen molar-refractivity contribution in [3.05, 3.63) is 16.3 Å². The van der Waals surface area contributed by atoms with E-state index in [4.69, 9.17) is 14.7 Å². The molecule has 2 saturated heterocycles. The average molecular weight is 387 g/mol. The lowest BCUT2D eigenvalue weighted by Crippen LogP contribution is -2.55. The van der Waals surface area contributed by atoms with Crippen molar-refractivity contribution in [2.24, 2.45) is 5.41 Å². The number of ether oxygens (including phenoxy) is 1. The van der Waals surface area contributed by atoms with Gasteiger partial charge in [-0.25, -0.2) is 9.97 Å². The molecule has 3 aliphatic rings. The molecule has 2 fully saturated rings. The summed E-state index contributed by atoms with van der Waals surface area (Å²) >= 11 is 1.93. The predicted molar refractivity (Wildman–Crippen MR) is 111 cm³/mol. The van der Waals surface area contributed by atoms with E-state index in [9.17, 15) is 0 Å². The first-order chi connectivity index (χ1) is 13.1. The molecular formula is C21H30N4OS. The van der Waals surface area contributed by atoms with Gasteiger partial charge in [-0.1, -0.05) is 13.8 Å². The SMILES string of the molecule is CCC1(C)CN(c2nc(CN3CCOCC3)nc3sc4c(c23)CCCC4)C1. The lowest BCUT2D eigenvalue weighted by atomic mass is 9.79.